The molecule has 27 heavy (non-hydrogen) atoms. The van der Waals surface area contributed by atoms with E-state index in [1.54, 1.807) is 43.5 Å². The highest BCUT2D eigenvalue weighted by molar-refractivity contribution is 5.95. The number of benzene rings is 1. The lowest BCUT2D eigenvalue weighted by atomic mass is 10.2. The van der Waals surface area contributed by atoms with Gasteiger partial charge in [-0.15, -0.1) is 5.10 Å². The number of esters is 1. The quantitative estimate of drug-likeness (QED) is 0.647. The molecule has 0 aliphatic rings. The van der Waals surface area contributed by atoms with Gasteiger partial charge in [-0.05, 0) is 37.3 Å². The van der Waals surface area contributed by atoms with Crippen molar-refractivity contribution in [3.8, 4) is 0 Å². The van der Waals surface area contributed by atoms with E-state index in [1.807, 2.05) is 0 Å². The average molecular weight is 368 g/mol. The number of nitrogens with one attached hydrogen (secondary N) is 2. The first-order valence-electron chi connectivity index (χ1n) is 7.95. The van der Waals surface area contributed by atoms with Crippen LogP contribution in [0.4, 0.5) is 11.4 Å². The van der Waals surface area contributed by atoms with Crippen molar-refractivity contribution in [1.29, 1.82) is 0 Å². The fourth-order valence-corrected chi connectivity index (χ4v) is 2.23. The standard InChI is InChI=1S/C17H16N6O4/c1-10-7-8-18-17-21-15(22-23(10)17)16(26)27-9-14(25)20-13-5-3-12(4-6-13)19-11(2)24/h3-8H,9H2,1-2H3,(H,19,24)(H,20,25). The third kappa shape index (κ3) is 4.42. The van der Waals surface area contributed by atoms with Crippen molar-refractivity contribution in [3.63, 3.8) is 0 Å². The smallest absolute Gasteiger partial charge is 0.378 e. The van der Waals surface area contributed by atoms with Gasteiger partial charge in [-0.1, -0.05) is 0 Å². The number of rotatable bonds is 5. The molecular formula is C17H16N6O4. The SMILES string of the molecule is CC(=O)Nc1ccc(NC(=O)COC(=O)c2nc3nccc(C)n3n2)cc1. The van der Waals surface area contributed by atoms with Gasteiger partial charge < -0.3 is 15.4 Å². The second-order valence-electron chi connectivity index (χ2n) is 5.62. The second-order valence-corrected chi connectivity index (χ2v) is 5.62. The first-order valence-corrected chi connectivity index (χ1v) is 7.95. The van der Waals surface area contributed by atoms with Crippen LogP contribution < -0.4 is 10.6 Å². The summed E-state index contributed by atoms with van der Waals surface area (Å²) in [5, 5.41) is 9.20. The maximum atomic E-state index is 12.0. The monoisotopic (exact) mass is 368 g/mol. The van der Waals surface area contributed by atoms with Crippen molar-refractivity contribution in [1.82, 2.24) is 19.6 Å². The van der Waals surface area contributed by atoms with Crippen molar-refractivity contribution < 1.29 is 19.1 Å². The number of ether oxygens (including phenoxy) is 1. The summed E-state index contributed by atoms with van der Waals surface area (Å²) < 4.78 is 6.34. The van der Waals surface area contributed by atoms with Crippen LogP contribution in [0, 0.1) is 6.92 Å². The van der Waals surface area contributed by atoms with Crippen LogP contribution in [0.3, 0.4) is 0 Å². The molecule has 10 nitrogen and oxygen atoms in total. The van der Waals surface area contributed by atoms with Crippen molar-refractivity contribution in [2.45, 2.75) is 13.8 Å². The van der Waals surface area contributed by atoms with Crippen LogP contribution in [-0.2, 0) is 14.3 Å². The normalized spacial score (nSPS) is 10.4. The molecule has 2 amide bonds. The highest BCUT2D eigenvalue weighted by atomic mass is 16.5. The predicted molar refractivity (Wildman–Crippen MR) is 95.2 cm³/mol. The number of hydrogen-bond acceptors (Lipinski definition) is 7. The second kappa shape index (κ2) is 7.60. The van der Waals surface area contributed by atoms with E-state index in [0.717, 1.165) is 5.69 Å². The fourth-order valence-electron chi connectivity index (χ4n) is 2.23. The number of carbonyl (C=O) groups is 3. The summed E-state index contributed by atoms with van der Waals surface area (Å²) in [4.78, 5) is 42.9. The van der Waals surface area contributed by atoms with Gasteiger partial charge in [0, 0.05) is 30.2 Å². The summed E-state index contributed by atoms with van der Waals surface area (Å²) in [6.45, 7) is 2.71. The lowest BCUT2D eigenvalue weighted by molar-refractivity contribution is -0.119. The molecule has 2 heterocycles. The number of carbonyl (C=O) groups excluding carboxylic acids is 3. The number of amides is 2. The van der Waals surface area contributed by atoms with E-state index in [4.69, 9.17) is 4.74 Å². The summed E-state index contributed by atoms with van der Waals surface area (Å²) in [6.07, 6.45) is 1.55. The van der Waals surface area contributed by atoms with Gasteiger partial charge in [-0.2, -0.15) is 4.98 Å². The van der Waals surface area contributed by atoms with E-state index in [-0.39, 0.29) is 17.5 Å². The van der Waals surface area contributed by atoms with Crippen LogP contribution in [0.5, 0.6) is 0 Å². The Morgan fingerprint density at radius 2 is 1.74 bits per heavy atom. The first kappa shape index (κ1) is 18.0. The third-order valence-corrected chi connectivity index (χ3v) is 3.44. The number of aromatic nitrogens is 4. The molecule has 1 aromatic carbocycles. The van der Waals surface area contributed by atoms with Gasteiger partial charge in [0.05, 0.1) is 0 Å². The summed E-state index contributed by atoms with van der Waals surface area (Å²) in [7, 11) is 0. The number of hydrogen-bond donors (Lipinski definition) is 2. The molecule has 0 spiro atoms. The van der Waals surface area contributed by atoms with Gasteiger partial charge in [-0.25, -0.2) is 14.3 Å². The Balaban J connectivity index is 1.55. The molecule has 0 unspecified atom stereocenters. The Bertz CT molecular complexity index is 1010. The van der Waals surface area contributed by atoms with E-state index in [9.17, 15) is 14.4 Å². The molecule has 0 atom stereocenters. The van der Waals surface area contributed by atoms with Gasteiger partial charge in [0.15, 0.2) is 6.61 Å². The molecule has 2 aromatic heterocycles. The van der Waals surface area contributed by atoms with Gasteiger partial charge in [0.2, 0.25) is 5.91 Å². The third-order valence-electron chi connectivity index (χ3n) is 3.44. The Morgan fingerprint density at radius 1 is 1.07 bits per heavy atom. The minimum Gasteiger partial charge on any atom is -0.450 e. The zero-order valence-electron chi connectivity index (χ0n) is 14.6. The number of nitrogens with zero attached hydrogens (tertiary/aromatic N) is 4. The maximum absolute atomic E-state index is 12.0. The maximum Gasteiger partial charge on any atom is 0.378 e. The molecule has 138 valence electrons. The molecule has 0 bridgehead atoms. The minimum absolute atomic E-state index is 0.177. The Kier molecular flexibility index (Phi) is 5.06. The van der Waals surface area contributed by atoms with Crippen LogP contribution in [-0.4, -0.2) is 44.0 Å². The molecule has 0 saturated heterocycles. The molecular weight excluding hydrogens is 352 g/mol. The van der Waals surface area contributed by atoms with Crippen molar-refractivity contribution in [2.75, 3.05) is 17.2 Å². The first-order chi connectivity index (χ1) is 12.9. The Hall–Kier alpha value is -3.82. The zero-order chi connectivity index (χ0) is 19.4. The average Bonchev–Trinajstić information content (AvgIpc) is 3.07. The van der Waals surface area contributed by atoms with Crippen molar-refractivity contribution >= 4 is 34.9 Å². The molecule has 0 radical (unpaired) electrons. The molecule has 0 aliphatic heterocycles. The largest absolute Gasteiger partial charge is 0.450 e. The van der Waals surface area contributed by atoms with E-state index >= 15 is 0 Å². The van der Waals surface area contributed by atoms with Gasteiger partial charge in [-0.3, -0.25) is 9.59 Å². The summed E-state index contributed by atoms with van der Waals surface area (Å²) in [5.41, 5.74) is 1.86. The highest BCUT2D eigenvalue weighted by Gasteiger charge is 2.17. The molecule has 3 aromatic rings. The Labute approximate surface area is 153 Å². The predicted octanol–water partition coefficient (Wildman–Crippen LogP) is 1.19. The topological polar surface area (TPSA) is 128 Å². The number of fused-ring (bicyclic) bond motifs is 1. The van der Waals surface area contributed by atoms with Gasteiger partial charge in [0.1, 0.15) is 0 Å². The number of anilines is 2. The van der Waals surface area contributed by atoms with Crippen LogP contribution in [0.2, 0.25) is 0 Å². The van der Waals surface area contributed by atoms with E-state index in [1.165, 1.54) is 11.4 Å². The van der Waals surface area contributed by atoms with Crippen LogP contribution in [0.15, 0.2) is 36.5 Å². The van der Waals surface area contributed by atoms with Crippen LogP contribution in [0.25, 0.3) is 5.78 Å². The molecule has 0 fully saturated rings. The molecule has 2 N–H and O–H groups in total. The lowest BCUT2D eigenvalue weighted by Crippen LogP contribution is -2.21. The lowest BCUT2D eigenvalue weighted by Gasteiger charge is -2.07. The molecule has 3 rings (SSSR count). The minimum atomic E-state index is -0.823. The molecule has 0 aliphatic carbocycles. The van der Waals surface area contributed by atoms with Crippen molar-refractivity contribution in [2.24, 2.45) is 0 Å². The molecule has 10 heteroatoms. The van der Waals surface area contributed by atoms with Gasteiger partial charge in [0.25, 0.3) is 17.5 Å². The van der Waals surface area contributed by atoms with Crippen LogP contribution in [0.1, 0.15) is 23.2 Å². The van der Waals surface area contributed by atoms with E-state index in [2.05, 4.69) is 25.7 Å². The Morgan fingerprint density at radius 3 is 2.37 bits per heavy atom. The highest BCUT2D eigenvalue weighted by Crippen LogP contribution is 2.13. The zero-order valence-corrected chi connectivity index (χ0v) is 14.6. The number of aryl methyl sites for hydroxylation is 1. The van der Waals surface area contributed by atoms with Crippen LogP contribution >= 0.6 is 0 Å². The molecule has 0 saturated carbocycles. The van der Waals surface area contributed by atoms with E-state index < -0.39 is 18.5 Å². The van der Waals surface area contributed by atoms with Crippen molar-refractivity contribution in [3.05, 3.63) is 48.0 Å². The summed E-state index contributed by atoms with van der Waals surface area (Å²) >= 11 is 0. The van der Waals surface area contributed by atoms with E-state index in [0.29, 0.717) is 11.4 Å². The fraction of sp³-hybridized carbons (Fsp3) is 0.176. The summed E-state index contributed by atoms with van der Waals surface area (Å²) in [5.74, 6) is -1.44. The van der Waals surface area contributed by atoms with Gasteiger partial charge >= 0.3 is 5.97 Å². The summed E-state index contributed by atoms with van der Waals surface area (Å²) in [6, 6.07) is 8.23.